The molecule has 3 heteroatoms. The Balaban J connectivity index is 1.78. The minimum Gasteiger partial charge on any atom is -0.492 e. The smallest absolute Gasteiger partial charge is 0.142 e. The number of benzene rings is 2. The maximum absolute atomic E-state index is 13.3. The first kappa shape index (κ1) is 14.3. The molecular formula is C20H20FNO. The number of hydrogen-bond donors (Lipinski definition) is 1. The molecule has 0 amide bonds. The van der Waals surface area contributed by atoms with Gasteiger partial charge in [0.1, 0.15) is 11.6 Å². The van der Waals surface area contributed by atoms with Gasteiger partial charge >= 0.3 is 0 Å². The Morgan fingerprint density at radius 3 is 2.78 bits per heavy atom. The van der Waals surface area contributed by atoms with Crippen LogP contribution in [-0.4, -0.2) is 6.61 Å². The van der Waals surface area contributed by atoms with Crippen LogP contribution in [0.4, 0.5) is 10.1 Å². The van der Waals surface area contributed by atoms with Crippen LogP contribution in [0.15, 0.2) is 54.6 Å². The lowest BCUT2D eigenvalue weighted by molar-refractivity contribution is 0.337. The fourth-order valence-electron chi connectivity index (χ4n) is 3.87. The lowest BCUT2D eigenvalue weighted by Gasteiger charge is -2.38. The lowest BCUT2D eigenvalue weighted by atomic mass is 9.77. The Kier molecular flexibility index (Phi) is 3.56. The molecule has 3 unspecified atom stereocenters. The zero-order chi connectivity index (χ0) is 15.8. The average molecular weight is 309 g/mol. The minimum absolute atomic E-state index is 0.171. The van der Waals surface area contributed by atoms with E-state index in [1.54, 1.807) is 12.1 Å². The molecule has 0 saturated carbocycles. The van der Waals surface area contributed by atoms with E-state index in [0.29, 0.717) is 18.4 Å². The molecule has 2 nitrogen and oxygen atoms in total. The second-order valence-corrected chi connectivity index (χ2v) is 6.18. The van der Waals surface area contributed by atoms with Crippen molar-refractivity contribution in [3.05, 3.63) is 71.6 Å². The average Bonchev–Trinajstić information content (AvgIpc) is 3.05. The molecule has 1 aliphatic carbocycles. The van der Waals surface area contributed by atoms with E-state index in [2.05, 4.69) is 29.6 Å². The van der Waals surface area contributed by atoms with Crippen LogP contribution in [0.3, 0.4) is 0 Å². The van der Waals surface area contributed by atoms with E-state index in [1.807, 2.05) is 25.1 Å². The third kappa shape index (κ3) is 2.40. The zero-order valence-electron chi connectivity index (χ0n) is 13.1. The van der Waals surface area contributed by atoms with E-state index < -0.39 is 0 Å². The first-order chi connectivity index (χ1) is 11.3. The highest BCUT2D eigenvalue weighted by Crippen LogP contribution is 2.52. The Morgan fingerprint density at radius 1 is 1.17 bits per heavy atom. The number of ether oxygens (including phenoxy) is 1. The van der Waals surface area contributed by atoms with Gasteiger partial charge in [-0.2, -0.15) is 0 Å². The first-order valence-corrected chi connectivity index (χ1v) is 8.22. The molecule has 2 aliphatic rings. The van der Waals surface area contributed by atoms with Gasteiger partial charge in [-0.3, -0.25) is 0 Å². The fraction of sp³-hybridized carbons (Fsp3) is 0.300. The molecule has 1 heterocycles. The summed E-state index contributed by atoms with van der Waals surface area (Å²) < 4.78 is 19.1. The van der Waals surface area contributed by atoms with Gasteiger partial charge in [0.15, 0.2) is 0 Å². The van der Waals surface area contributed by atoms with Gasteiger partial charge in [0.2, 0.25) is 0 Å². The van der Waals surface area contributed by atoms with E-state index >= 15 is 0 Å². The van der Waals surface area contributed by atoms with E-state index in [1.165, 1.54) is 5.56 Å². The molecule has 2 aromatic rings. The second kappa shape index (κ2) is 5.73. The van der Waals surface area contributed by atoms with Crippen molar-refractivity contribution in [2.24, 2.45) is 5.92 Å². The van der Waals surface area contributed by atoms with Crippen molar-refractivity contribution in [3.8, 4) is 5.75 Å². The summed E-state index contributed by atoms with van der Waals surface area (Å²) in [5.74, 6) is 1.56. The predicted octanol–water partition coefficient (Wildman–Crippen LogP) is 5.05. The molecule has 2 aromatic carbocycles. The summed E-state index contributed by atoms with van der Waals surface area (Å²) >= 11 is 0. The van der Waals surface area contributed by atoms with Gasteiger partial charge in [0, 0.05) is 5.92 Å². The summed E-state index contributed by atoms with van der Waals surface area (Å²) in [6, 6.07) is 13.3. The third-order valence-electron chi connectivity index (χ3n) is 4.89. The molecule has 4 rings (SSSR count). The summed E-state index contributed by atoms with van der Waals surface area (Å²) in [5.41, 5.74) is 3.51. The Hall–Kier alpha value is -2.29. The van der Waals surface area contributed by atoms with Crippen LogP contribution in [0.5, 0.6) is 5.75 Å². The molecule has 1 aliphatic heterocycles. The van der Waals surface area contributed by atoms with E-state index in [-0.39, 0.29) is 11.9 Å². The van der Waals surface area contributed by atoms with Crippen LogP contribution in [0, 0.1) is 11.7 Å². The van der Waals surface area contributed by atoms with Crippen LogP contribution in [-0.2, 0) is 0 Å². The van der Waals surface area contributed by atoms with Gasteiger partial charge in [-0.15, -0.1) is 0 Å². The standard InChI is InChI=1S/C20H20FNO/c1-2-23-18-8-4-7-17-15-5-3-6-16(15)19(22-20(17)18)13-9-11-14(21)12-10-13/h3-5,7-12,15-16,19,22H,2,6H2,1H3. The van der Waals surface area contributed by atoms with E-state index in [9.17, 15) is 4.39 Å². The largest absolute Gasteiger partial charge is 0.492 e. The predicted molar refractivity (Wildman–Crippen MR) is 90.4 cm³/mol. The highest BCUT2D eigenvalue weighted by Gasteiger charge is 2.38. The number of halogens is 1. The van der Waals surface area contributed by atoms with Crippen LogP contribution in [0.1, 0.15) is 36.4 Å². The first-order valence-electron chi connectivity index (χ1n) is 8.22. The van der Waals surface area contributed by atoms with Crippen molar-refractivity contribution in [2.75, 3.05) is 11.9 Å². The summed E-state index contributed by atoms with van der Waals surface area (Å²) in [7, 11) is 0. The minimum atomic E-state index is -0.193. The molecular weight excluding hydrogens is 289 g/mol. The Morgan fingerprint density at radius 2 is 2.00 bits per heavy atom. The molecule has 0 saturated heterocycles. The van der Waals surface area contributed by atoms with Gasteiger partial charge in [-0.1, -0.05) is 36.4 Å². The summed E-state index contributed by atoms with van der Waals surface area (Å²) in [6.07, 6.45) is 5.60. The number of nitrogens with one attached hydrogen (secondary N) is 1. The normalized spacial score (nSPS) is 24.7. The molecule has 0 aromatic heterocycles. The lowest BCUT2D eigenvalue weighted by Crippen LogP contribution is -2.29. The van der Waals surface area contributed by atoms with Crippen molar-refractivity contribution in [1.82, 2.24) is 0 Å². The van der Waals surface area contributed by atoms with Crippen molar-refractivity contribution in [1.29, 1.82) is 0 Å². The highest BCUT2D eigenvalue weighted by atomic mass is 19.1. The summed E-state index contributed by atoms with van der Waals surface area (Å²) in [6.45, 7) is 2.64. The molecule has 3 atom stereocenters. The molecule has 0 radical (unpaired) electrons. The Labute approximate surface area is 136 Å². The number of rotatable bonds is 3. The van der Waals surface area contributed by atoms with Crippen molar-refractivity contribution >= 4 is 5.69 Å². The molecule has 0 bridgehead atoms. The SMILES string of the molecule is CCOc1cccc2c1NC(c1ccc(F)cc1)C1CC=CC21. The van der Waals surface area contributed by atoms with Crippen molar-refractivity contribution in [3.63, 3.8) is 0 Å². The van der Waals surface area contributed by atoms with E-state index in [0.717, 1.165) is 23.4 Å². The highest BCUT2D eigenvalue weighted by molar-refractivity contribution is 5.67. The summed E-state index contributed by atoms with van der Waals surface area (Å²) in [5, 5.41) is 3.67. The molecule has 0 fully saturated rings. The van der Waals surface area contributed by atoms with Gasteiger partial charge in [0.05, 0.1) is 18.3 Å². The number of para-hydroxylation sites is 1. The number of anilines is 1. The second-order valence-electron chi connectivity index (χ2n) is 6.18. The van der Waals surface area contributed by atoms with Crippen molar-refractivity contribution in [2.45, 2.75) is 25.3 Å². The van der Waals surface area contributed by atoms with Crippen LogP contribution >= 0.6 is 0 Å². The topological polar surface area (TPSA) is 21.3 Å². The number of hydrogen-bond acceptors (Lipinski definition) is 2. The van der Waals surface area contributed by atoms with Gasteiger partial charge in [0.25, 0.3) is 0 Å². The number of fused-ring (bicyclic) bond motifs is 3. The third-order valence-corrected chi connectivity index (χ3v) is 4.89. The molecule has 1 N–H and O–H groups in total. The van der Waals surface area contributed by atoms with E-state index in [4.69, 9.17) is 4.74 Å². The molecule has 23 heavy (non-hydrogen) atoms. The number of allylic oxidation sites excluding steroid dienone is 2. The molecule has 118 valence electrons. The van der Waals surface area contributed by atoms with Gasteiger partial charge < -0.3 is 10.1 Å². The fourth-order valence-corrected chi connectivity index (χ4v) is 3.87. The maximum Gasteiger partial charge on any atom is 0.142 e. The van der Waals surface area contributed by atoms with Crippen molar-refractivity contribution < 1.29 is 9.13 Å². The summed E-state index contributed by atoms with van der Waals surface area (Å²) in [4.78, 5) is 0. The van der Waals surface area contributed by atoms with Crippen LogP contribution < -0.4 is 10.1 Å². The van der Waals surface area contributed by atoms with Crippen LogP contribution in [0.25, 0.3) is 0 Å². The molecule has 0 spiro atoms. The quantitative estimate of drug-likeness (QED) is 0.801. The van der Waals surface area contributed by atoms with Gasteiger partial charge in [-0.05, 0) is 48.6 Å². The Bertz CT molecular complexity index is 738. The van der Waals surface area contributed by atoms with Gasteiger partial charge in [-0.25, -0.2) is 4.39 Å². The maximum atomic E-state index is 13.3. The monoisotopic (exact) mass is 309 g/mol. The van der Waals surface area contributed by atoms with Crippen LogP contribution in [0.2, 0.25) is 0 Å². The zero-order valence-corrected chi connectivity index (χ0v) is 13.1.